The van der Waals surface area contributed by atoms with Crippen molar-refractivity contribution in [1.82, 2.24) is 34.9 Å². The number of benzene rings is 1. The smallest absolute Gasteiger partial charge is 0.191 e. The van der Waals surface area contributed by atoms with Crippen molar-refractivity contribution in [3.8, 4) is 0 Å². The number of nitrogens with one attached hydrogen (secondary N) is 2. The molecule has 0 unspecified atom stereocenters. The van der Waals surface area contributed by atoms with Gasteiger partial charge in [-0.3, -0.25) is 4.99 Å². The van der Waals surface area contributed by atoms with E-state index >= 15 is 0 Å². The summed E-state index contributed by atoms with van der Waals surface area (Å²) in [6.07, 6.45) is 4.53. The number of rotatable bonds is 12. The molecule has 2 aromatic heterocycles. The van der Waals surface area contributed by atoms with Crippen molar-refractivity contribution in [2.45, 2.75) is 46.2 Å². The Balaban J connectivity index is 1.52. The number of para-hydroxylation sites is 2. The monoisotopic (exact) mass is 426 g/mol. The summed E-state index contributed by atoms with van der Waals surface area (Å²) in [6, 6.07) is 8.27. The molecule has 9 heteroatoms. The average Bonchev–Trinajstić information content (AvgIpc) is 3.37. The quantitative estimate of drug-likeness (QED) is 0.262. The summed E-state index contributed by atoms with van der Waals surface area (Å²) < 4.78 is 9.48. The third-order valence-corrected chi connectivity index (χ3v) is 5.13. The van der Waals surface area contributed by atoms with Crippen molar-refractivity contribution < 1.29 is 4.74 Å². The minimum absolute atomic E-state index is 0.730. The normalized spacial score (nSPS) is 11.9. The van der Waals surface area contributed by atoms with Crippen LogP contribution in [0.3, 0.4) is 0 Å². The van der Waals surface area contributed by atoms with E-state index in [2.05, 4.69) is 67.0 Å². The van der Waals surface area contributed by atoms with Gasteiger partial charge in [0.15, 0.2) is 5.96 Å². The highest BCUT2D eigenvalue weighted by Crippen LogP contribution is 2.15. The van der Waals surface area contributed by atoms with Crippen LogP contribution in [0.1, 0.15) is 31.4 Å². The molecule has 0 aliphatic carbocycles. The number of ether oxygens (including phenoxy) is 1. The summed E-state index contributed by atoms with van der Waals surface area (Å²) in [5, 5.41) is 14.9. The van der Waals surface area contributed by atoms with Crippen LogP contribution in [0.5, 0.6) is 0 Å². The van der Waals surface area contributed by atoms with E-state index in [4.69, 9.17) is 9.73 Å². The van der Waals surface area contributed by atoms with Crippen LogP contribution in [0.4, 0.5) is 0 Å². The average molecular weight is 427 g/mol. The molecule has 2 heterocycles. The summed E-state index contributed by atoms with van der Waals surface area (Å²) in [4.78, 5) is 9.41. The molecule has 0 saturated heterocycles. The zero-order valence-electron chi connectivity index (χ0n) is 18.8. The number of hydrogen-bond acceptors (Lipinski definition) is 5. The zero-order valence-corrected chi connectivity index (χ0v) is 18.8. The molecule has 0 atom stereocenters. The van der Waals surface area contributed by atoms with Gasteiger partial charge < -0.3 is 24.5 Å². The van der Waals surface area contributed by atoms with Gasteiger partial charge >= 0.3 is 0 Å². The molecule has 0 amide bonds. The zero-order chi connectivity index (χ0) is 21.9. The fourth-order valence-electron chi connectivity index (χ4n) is 3.53. The lowest BCUT2D eigenvalue weighted by molar-refractivity contribution is 0.195. The predicted molar refractivity (Wildman–Crippen MR) is 123 cm³/mol. The third kappa shape index (κ3) is 6.52. The highest BCUT2D eigenvalue weighted by molar-refractivity contribution is 5.79. The standard InChI is InChI=1S/C22H34N8O/c1-4-21-28-26-17-29(21)15-13-25-22(24-12-8-16-31-3)23-11-7-14-30-18(2)27-19-9-5-6-10-20(19)30/h5-6,9-10,17H,4,7-8,11-16H2,1-3H3,(H2,23,24,25). The first-order valence-electron chi connectivity index (χ1n) is 11.0. The first kappa shape index (κ1) is 22.7. The van der Waals surface area contributed by atoms with Gasteiger partial charge in [0, 0.05) is 52.9 Å². The van der Waals surface area contributed by atoms with Crippen molar-refractivity contribution in [3.63, 3.8) is 0 Å². The van der Waals surface area contributed by atoms with E-state index in [0.29, 0.717) is 0 Å². The van der Waals surface area contributed by atoms with Crippen LogP contribution in [-0.4, -0.2) is 63.6 Å². The van der Waals surface area contributed by atoms with Gasteiger partial charge in [-0.25, -0.2) is 4.98 Å². The van der Waals surface area contributed by atoms with Gasteiger partial charge in [-0.15, -0.1) is 10.2 Å². The molecule has 0 spiro atoms. The van der Waals surface area contributed by atoms with Gasteiger partial charge in [0.25, 0.3) is 0 Å². The van der Waals surface area contributed by atoms with Crippen LogP contribution in [0.15, 0.2) is 35.6 Å². The molecule has 1 aromatic carbocycles. The predicted octanol–water partition coefficient (Wildman–Crippen LogP) is 2.16. The molecule has 0 aliphatic heterocycles. The number of methoxy groups -OCH3 is 1. The minimum Gasteiger partial charge on any atom is -0.385 e. The van der Waals surface area contributed by atoms with Gasteiger partial charge in [-0.1, -0.05) is 19.1 Å². The van der Waals surface area contributed by atoms with Crippen LogP contribution in [0.2, 0.25) is 0 Å². The Bertz CT molecular complexity index is 961. The molecule has 168 valence electrons. The molecule has 31 heavy (non-hydrogen) atoms. The first-order valence-corrected chi connectivity index (χ1v) is 11.0. The topological polar surface area (TPSA) is 94.2 Å². The molecule has 0 aliphatic rings. The molecule has 3 aromatic rings. The van der Waals surface area contributed by atoms with E-state index in [1.54, 1.807) is 13.4 Å². The molecule has 9 nitrogen and oxygen atoms in total. The van der Waals surface area contributed by atoms with Gasteiger partial charge in [0.1, 0.15) is 18.0 Å². The maximum atomic E-state index is 5.14. The van der Waals surface area contributed by atoms with Crippen LogP contribution in [0.25, 0.3) is 11.0 Å². The van der Waals surface area contributed by atoms with E-state index < -0.39 is 0 Å². The Kier molecular flexibility index (Phi) is 8.84. The molecule has 0 fully saturated rings. The second kappa shape index (κ2) is 12.0. The third-order valence-electron chi connectivity index (χ3n) is 5.13. The number of aromatic nitrogens is 5. The molecule has 3 rings (SSSR count). The Morgan fingerprint density at radius 1 is 1.13 bits per heavy atom. The number of guanidine groups is 1. The van der Waals surface area contributed by atoms with Crippen LogP contribution >= 0.6 is 0 Å². The molecular weight excluding hydrogens is 392 g/mol. The summed E-state index contributed by atoms with van der Waals surface area (Å²) in [5.74, 6) is 2.87. The van der Waals surface area contributed by atoms with E-state index in [-0.39, 0.29) is 0 Å². The summed E-state index contributed by atoms with van der Waals surface area (Å²) in [7, 11) is 1.72. The largest absolute Gasteiger partial charge is 0.385 e. The van der Waals surface area contributed by atoms with E-state index in [1.807, 2.05) is 6.07 Å². The summed E-state index contributed by atoms with van der Waals surface area (Å²) in [6.45, 7) is 8.88. The Labute approximate surface area is 183 Å². The van der Waals surface area contributed by atoms with Crippen LogP contribution in [-0.2, 0) is 24.2 Å². The van der Waals surface area contributed by atoms with Crippen molar-refractivity contribution in [1.29, 1.82) is 0 Å². The Hall–Kier alpha value is -2.94. The number of aliphatic imine (C=N–C) groups is 1. The van der Waals surface area contributed by atoms with Crippen LogP contribution < -0.4 is 10.6 Å². The van der Waals surface area contributed by atoms with Crippen LogP contribution in [0, 0.1) is 6.92 Å². The fraction of sp³-hybridized carbons (Fsp3) is 0.545. The summed E-state index contributed by atoms with van der Waals surface area (Å²) in [5.41, 5.74) is 2.23. The van der Waals surface area contributed by atoms with Crippen molar-refractivity contribution >= 4 is 17.0 Å². The highest BCUT2D eigenvalue weighted by atomic mass is 16.5. The van der Waals surface area contributed by atoms with Gasteiger partial charge in [-0.05, 0) is 31.9 Å². The first-order chi connectivity index (χ1) is 15.2. The molecule has 0 bridgehead atoms. The van der Waals surface area contributed by atoms with E-state index in [9.17, 15) is 0 Å². The van der Waals surface area contributed by atoms with E-state index in [0.717, 1.165) is 81.7 Å². The van der Waals surface area contributed by atoms with E-state index in [1.165, 1.54) is 5.52 Å². The highest BCUT2D eigenvalue weighted by Gasteiger charge is 2.06. The number of imidazole rings is 1. The number of aryl methyl sites for hydroxylation is 3. The van der Waals surface area contributed by atoms with Crippen molar-refractivity contribution in [3.05, 3.63) is 42.2 Å². The fourth-order valence-corrected chi connectivity index (χ4v) is 3.53. The van der Waals surface area contributed by atoms with Gasteiger partial charge in [0.2, 0.25) is 0 Å². The number of fused-ring (bicyclic) bond motifs is 1. The van der Waals surface area contributed by atoms with Gasteiger partial charge in [-0.2, -0.15) is 0 Å². The molecule has 0 radical (unpaired) electrons. The second-order valence-corrected chi connectivity index (χ2v) is 7.38. The molecular formula is C22H34N8O. The SMILES string of the molecule is CCc1nncn1CCNC(=NCCCn1c(C)nc2ccccc21)NCCCOC. The van der Waals surface area contributed by atoms with Crippen molar-refractivity contribution in [2.75, 3.05) is 33.4 Å². The van der Waals surface area contributed by atoms with Crippen molar-refractivity contribution in [2.24, 2.45) is 4.99 Å². The second-order valence-electron chi connectivity index (χ2n) is 7.38. The lowest BCUT2D eigenvalue weighted by atomic mass is 10.3. The number of nitrogens with zero attached hydrogens (tertiary/aromatic N) is 6. The lowest BCUT2D eigenvalue weighted by Gasteiger charge is -2.13. The summed E-state index contributed by atoms with van der Waals surface area (Å²) >= 11 is 0. The minimum atomic E-state index is 0.730. The lowest BCUT2D eigenvalue weighted by Crippen LogP contribution is -2.40. The number of hydrogen-bond donors (Lipinski definition) is 2. The maximum absolute atomic E-state index is 5.14. The Morgan fingerprint density at radius 3 is 2.81 bits per heavy atom. The van der Waals surface area contributed by atoms with Gasteiger partial charge in [0.05, 0.1) is 11.0 Å². The molecule has 2 N–H and O–H groups in total. The Morgan fingerprint density at radius 2 is 1.97 bits per heavy atom. The maximum Gasteiger partial charge on any atom is 0.191 e. The molecule has 0 saturated carbocycles.